The lowest BCUT2D eigenvalue weighted by Gasteiger charge is -2.12. The molecule has 154 valence electrons. The number of anilines is 1. The molecular formula is C19H12ClFN2O5S2. The number of carboxylic acids is 1. The van der Waals surface area contributed by atoms with Gasteiger partial charge in [-0.25, -0.2) is 14.2 Å². The van der Waals surface area contributed by atoms with Crippen LogP contribution in [0.5, 0.6) is 5.75 Å². The number of rotatable bonds is 5. The molecule has 0 bridgehead atoms. The predicted molar refractivity (Wildman–Crippen MR) is 110 cm³/mol. The van der Waals surface area contributed by atoms with Gasteiger partial charge in [0.15, 0.2) is 10.0 Å². The zero-order valence-electron chi connectivity index (χ0n) is 15.1. The third kappa shape index (κ3) is 4.71. The summed E-state index contributed by atoms with van der Waals surface area (Å²) < 4.78 is 46.3. The molecule has 1 aromatic heterocycles. The van der Waals surface area contributed by atoms with Gasteiger partial charge < -0.3 is 9.84 Å². The van der Waals surface area contributed by atoms with Gasteiger partial charge in [0.2, 0.25) is 0 Å². The minimum atomic E-state index is -4.20. The Balaban J connectivity index is 1.89. The molecule has 30 heavy (non-hydrogen) atoms. The highest BCUT2D eigenvalue weighted by atomic mass is 35.5. The van der Waals surface area contributed by atoms with E-state index >= 15 is 0 Å². The molecule has 0 aliphatic rings. The molecule has 7 nitrogen and oxygen atoms in total. The topological polar surface area (TPSA) is 106 Å². The molecule has 0 aliphatic carbocycles. The second-order valence-corrected chi connectivity index (χ2v) is 8.56. The van der Waals surface area contributed by atoms with Crippen LogP contribution >= 0.6 is 22.9 Å². The van der Waals surface area contributed by atoms with Gasteiger partial charge in [0, 0.05) is 17.0 Å². The number of sulfonamides is 1. The molecular weight excluding hydrogens is 455 g/mol. The van der Waals surface area contributed by atoms with Gasteiger partial charge in [0.05, 0.1) is 23.4 Å². The van der Waals surface area contributed by atoms with Gasteiger partial charge in [-0.15, -0.1) is 11.3 Å². The van der Waals surface area contributed by atoms with Crippen molar-refractivity contribution < 1.29 is 27.4 Å². The molecule has 11 heteroatoms. The van der Waals surface area contributed by atoms with Crippen molar-refractivity contribution in [1.29, 1.82) is 0 Å². The van der Waals surface area contributed by atoms with E-state index in [0.29, 0.717) is 10.6 Å². The fourth-order valence-corrected chi connectivity index (χ4v) is 4.47. The number of benzene rings is 2. The number of halogens is 2. The summed E-state index contributed by atoms with van der Waals surface area (Å²) in [6.07, 6.45) is 0. The number of aromatic carboxylic acids is 1. The van der Waals surface area contributed by atoms with Gasteiger partial charge in [-0.3, -0.25) is 4.72 Å². The van der Waals surface area contributed by atoms with E-state index < -0.39 is 27.4 Å². The average molecular weight is 467 g/mol. The molecule has 0 radical (unpaired) electrons. The van der Waals surface area contributed by atoms with E-state index in [9.17, 15) is 17.6 Å². The monoisotopic (exact) mass is 466 g/mol. The van der Waals surface area contributed by atoms with E-state index in [4.69, 9.17) is 21.4 Å². The molecule has 3 rings (SSSR count). The van der Waals surface area contributed by atoms with Gasteiger partial charge >= 0.3 is 5.97 Å². The van der Waals surface area contributed by atoms with Crippen molar-refractivity contribution in [2.45, 2.75) is 5.03 Å². The van der Waals surface area contributed by atoms with Crippen LogP contribution in [0.4, 0.5) is 10.1 Å². The molecule has 1 heterocycles. The largest absolute Gasteiger partial charge is 0.495 e. The first-order valence-electron chi connectivity index (χ1n) is 8.07. The second kappa shape index (κ2) is 8.71. The first kappa shape index (κ1) is 21.6. The van der Waals surface area contributed by atoms with Crippen molar-refractivity contribution >= 4 is 44.6 Å². The third-order valence-corrected chi connectivity index (χ3v) is 6.19. The quantitative estimate of drug-likeness (QED) is 0.553. The zero-order valence-corrected chi connectivity index (χ0v) is 17.5. The number of hydrogen-bond acceptors (Lipinski definition) is 6. The van der Waals surface area contributed by atoms with E-state index in [-0.39, 0.29) is 21.5 Å². The van der Waals surface area contributed by atoms with Crippen molar-refractivity contribution in [1.82, 2.24) is 4.98 Å². The molecule has 0 amide bonds. The van der Waals surface area contributed by atoms with Crippen molar-refractivity contribution in [2.24, 2.45) is 0 Å². The minimum absolute atomic E-state index is 0.161. The fraction of sp³-hybridized carbons (Fsp3) is 0.0526. The summed E-state index contributed by atoms with van der Waals surface area (Å²) in [5, 5.41) is 10.6. The highest BCUT2D eigenvalue weighted by molar-refractivity contribution is 7.92. The van der Waals surface area contributed by atoms with E-state index in [0.717, 1.165) is 23.5 Å². The smallest absolute Gasteiger partial charge is 0.338 e. The minimum Gasteiger partial charge on any atom is -0.495 e. The lowest BCUT2D eigenvalue weighted by molar-refractivity contribution is 0.0691. The highest BCUT2D eigenvalue weighted by Gasteiger charge is 2.22. The van der Waals surface area contributed by atoms with Crippen LogP contribution in [0.15, 0.2) is 46.8 Å². The standard InChI is InChI=1S/C19H12ClFN2O5S2/c1-28-16-8-12(19(24)25)14(21)9-15(16)23-30(26,27)18-10-29-17(22-18)7-6-11-4-2-3-5-13(11)20/h2-5,8-10,23H,1H3,(H,24,25). The number of methoxy groups -OCH3 is 1. The lowest BCUT2D eigenvalue weighted by Crippen LogP contribution is -2.15. The van der Waals surface area contributed by atoms with Crippen molar-refractivity contribution in [3.63, 3.8) is 0 Å². The Morgan fingerprint density at radius 3 is 2.70 bits per heavy atom. The van der Waals surface area contributed by atoms with Gasteiger partial charge in [-0.2, -0.15) is 8.42 Å². The van der Waals surface area contributed by atoms with Crippen LogP contribution in [0.3, 0.4) is 0 Å². The molecule has 0 saturated heterocycles. The maximum Gasteiger partial charge on any atom is 0.338 e. The molecule has 0 atom stereocenters. The number of nitrogens with zero attached hydrogens (tertiary/aromatic N) is 1. The number of ether oxygens (including phenoxy) is 1. The van der Waals surface area contributed by atoms with E-state index in [2.05, 4.69) is 21.5 Å². The lowest BCUT2D eigenvalue weighted by atomic mass is 10.2. The Bertz CT molecular complexity index is 1300. The SMILES string of the molecule is COc1cc(C(=O)O)c(F)cc1NS(=O)(=O)c1csc(C#Cc2ccccc2Cl)n1. The van der Waals surface area contributed by atoms with E-state index in [1.165, 1.54) is 12.5 Å². The number of hydrogen-bond donors (Lipinski definition) is 2. The van der Waals surface area contributed by atoms with E-state index in [1.807, 2.05) is 0 Å². The summed E-state index contributed by atoms with van der Waals surface area (Å²) in [4.78, 5) is 15.0. The van der Waals surface area contributed by atoms with Crippen LogP contribution in [-0.2, 0) is 10.0 Å². The molecule has 0 saturated carbocycles. The summed E-state index contributed by atoms with van der Waals surface area (Å²) in [5.41, 5.74) is -0.354. The Morgan fingerprint density at radius 1 is 1.30 bits per heavy atom. The Kier molecular flexibility index (Phi) is 6.26. The first-order valence-corrected chi connectivity index (χ1v) is 10.8. The van der Waals surface area contributed by atoms with Crippen LogP contribution in [0.2, 0.25) is 5.02 Å². The Labute approximate surface area is 180 Å². The van der Waals surface area contributed by atoms with Crippen molar-refractivity contribution in [3.8, 4) is 17.6 Å². The molecule has 0 spiro atoms. The molecule has 3 aromatic rings. The van der Waals surface area contributed by atoms with Gasteiger partial charge in [-0.05, 0) is 24.1 Å². The molecule has 0 fully saturated rings. The molecule has 2 N–H and O–H groups in total. The Morgan fingerprint density at radius 2 is 2.03 bits per heavy atom. The van der Waals surface area contributed by atoms with Crippen LogP contribution in [0.1, 0.15) is 20.9 Å². The summed E-state index contributed by atoms with van der Waals surface area (Å²) in [6.45, 7) is 0. The maximum absolute atomic E-state index is 14.0. The van der Waals surface area contributed by atoms with Crippen LogP contribution in [0.25, 0.3) is 0 Å². The number of carboxylic acid groups (broad SMARTS) is 1. The summed E-state index contributed by atoms with van der Waals surface area (Å²) >= 11 is 7.03. The number of nitrogens with one attached hydrogen (secondary N) is 1. The number of aromatic nitrogens is 1. The summed E-state index contributed by atoms with van der Waals surface area (Å²) in [7, 11) is -3.01. The van der Waals surface area contributed by atoms with Crippen molar-refractivity contribution in [2.75, 3.05) is 11.8 Å². The van der Waals surface area contributed by atoms with Gasteiger partial charge in [0.25, 0.3) is 10.0 Å². The van der Waals surface area contributed by atoms with E-state index in [1.54, 1.807) is 24.3 Å². The molecule has 0 unspecified atom stereocenters. The molecule has 0 aliphatic heterocycles. The zero-order chi connectivity index (χ0) is 21.9. The third-order valence-electron chi connectivity index (χ3n) is 3.70. The average Bonchev–Trinajstić information content (AvgIpc) is 3.17. The van der Waals surface area contributed by atoms with Crippen LogP contribution < -0.4 is 9.46 Å². The Hall–Kier alpha value is -3.13. The maximum atomic E-state index is 14.0. The predicted octanol–water partition coefficient (Wildman–Crippen LogP) is 3.84. The normalized spacial score (nSPS) is 10.8. The first-order chi connectivity index (χ1) is 14.2. The second-order valence-electron chi connectivity index (χ2n) is 5.66. The summed E-state index contributed by atoms with van der Waals surface area (Å²) in [5.74, 6) is 2.76. The van der Waals surface area contributed by atoms with Crippen LogP contribution in [-0.4, -0.2) is 31.6 Å². The van der Waals surface area contributed by atoms with Gasteiger partial charge in [-0.1, -0.05) is 29.7 Å². The van der Waals surface area contributed by atoms with Crippen molar-refractivity contribution in [3.05, 3.63) is 68.8 Å². The number of thiazole rings is 1. The molecule has 2 aromatic carbocycles. The van der Waals surface area contributed by atoms with Crippen LogP contribution in [0, 0.1) is 17.7 Å². The number of carbonyl (C=O) groups is 1. The highest BCUT2D eigenvalue weighted by Crippen LogP contribution is 2.30. The fourth-order valence-electron chi connectivity index (χ4n) is 2.29. The van der Waals surface area contributed by atoms with Gasteiger partial charge in [0.1, 0.15) is 11.6 Å². The summed E-state index contributed by atoms with van der Waals surface area (Å²) in [6, 6.07) is 8.52.